The van der Waals surface area contributed by atoms with E-state index in [4.69, 9.17) is 4.74 Å². The molecule has 140 valence electrons. The fraction of sp³-hybridized carbons (Fsp3) is 0.947. The predicted octanol–water partition coefficient (Wildman–Crippen LogP) is 1.72. The Hall–Kier alpha value is -0.490. The van der Waals surface area contributed by atoms with Crippen molar-refractivity contribution in [1.29, 1.82) is 0 Å². The Morgan fingerprint density at radius 3 is 2.25 bits per heavy atom. The van der Waals surface area contributed by atoms with E-state index in [1.165, 1.54) is 45.6 Å². The van der Waals surface area contributed by atoms with Crippen molar-refractivity contribution in [2.45, 2.75) is 46.1 Å². The standard InChI is InChI=1S/C19H37N3O2/c1-4-19(23)16-24-14-13-20-9-11-21(12-10-20)15-18-5-7-22(8-6-18)17(2)3/h17-18H,4-16H2,1-3H3. The van der Waals surface area contributed by atoms with Gasteiger partial charge in [-0.05, 0) is 45.7 Å². The third-order valence-corrected chi connectivity index (χ3v) is 5.57. The van der Waals surface area contributed by atoms with Gasteiger partial charge in [-0.2, -0.15) is 0 Å². The number of hydrogen-bond donors (Lipinski definition) is 0. The lowest BCUT2D eigenvalue weighted by molar-refractivity contribution is -0.123. The number of likely N-dealkylation sites (tertiary alicyclic amines) is 1. The molecule has 5 heteroatoms. The zero-order valence-corrected chi connectivity index (χ0v) is 16.0. The first-order valence-corrected chi connectivity index (χ1v) is 9.86. The summed E-state index contributed by atoms with van der Waals surface area (Å²) < 4.78 is 5.46. The van der Waals surface area contributed by atoms with Gasteiger partial charge in [0.1, 0.15) is 6.61 Å². The van der Waals surface area contributed by atoms with Gasteiger partial charge in [0.15, 0.2) is 5.78 Å². The van der Waals surface area contributed by atoms with Crippen LogP contribution in [0.25, 0.3) is 0 Å². The SMILES string of the molecule is CCC(=O)COCCN1CCN(CC2CCN(C(C)C)CC2)CC1. The van der Waals surface area contributed by atoms with Crippen molar-refractivity contribution in [2.75, 3.05) is 65.6 Å². The van der Waals surface area contributed by atoms with Crippen molar-refractivity contribution in [3.63, 3.8) is 0 Å². The zero-order valence-electron chi connectivity index (χ0n) is 16.0. The van der Waals surface area contributed by atoms with E-state index in [1.54, 1.807) is 0 Å². The van der Waals surface area contributed by atoms with Crippen molar-refractivity contribution in [2.24, 2.45) is 5.92 Å². The molecule has 0 atom stereocenters. The first-order chi connectivity index (χ1) is 11.6. The summed E-state index contributed by atoms with van der Waals surface area (Å²) in [7, 11) is 0. The second-order valence-corrected chi connectivity index (χ2v) is 7.66. The fourth-order valence-corrected chi connectivity index (χ4v) is 3.69. The van der Waals surface area contributed by atoms with Crippen LogP contribution in [0.15, 0.2) is 0 Å². The highest BCUT2D eigenvalue weighted by Crippen LogP contribution is 2.20. The number of rotatable bonds is 9. The minimum absolute atomic E-state index is 0.198. The minimum atomic E-state index is 0.198. The number of hydrogen-bond acceptors (Lipinski definition) is 5. The third kappa shape index (κ3) is 6.79. The van der Waals surface area contributed by atoms with Crippen LogP contribution >= 0.6 is 0 Å². The van der Waals surface area contributed by atoms with Crippen LogP contribution in [-0.2, 0) is 9.53 Å². The van der Waals surface area contributed by atoms with Gasteiger partial charge < -0.3 is 14.5 Å². The molecule has 2 rings (SSSR count). The highest BCUT2D eigenvalue weighted by atomic mass is 16.5. The van der Waals surface area contributed by atoms with Gasteiger partial charge in [0.2, 0.25) is 0 Å². The number of nitrogens with zero attached hydrogens (tertiary/aromatic N) is 3. The molecule has 24 heavy (non-hydrogen) atoms. The maximum Gasteiger partial charge on any atom is 0.158 e. The van der Waals surface area contributed by atoms with E-state index in [9.17, 15) is 4.79 Å². The molecule has 0 unspecified atom stereocenters. The maximum atomic E-state index is 11.2. The molecule has 2 saturated heterocycles. The Labute approximate surface area is 148 Å². The van der Waals surface area contributed by atoms with E-state index >= 15 is 0 Å². The van der Waals surface area contributed by atoms with Crippen LogP contribution in [0, 0.1) is 5.92 Å². The Morgan fingerprint density at radius 1 is 1.04 bits per heavy atom. The molecule has 0 aromatic rings. The summed E-state index contributed by atoms with van der Waals surface area (Å²) in [6, 6.07) is 0.698. The average molecular weight is 340 g/mol. The van der Waals surface area contributed by atoms with Crippen LogP contribution in [0.2, 0.25) is 0 Å². The van der Waals surface area contributed by atoms with Gasteiger partial charge in [0, 0.05) is 51.7 Å². The molecule has 0 aliphatic carbocycles. The molecule has 0 saturated carbocycles. The summed E-state index contributed by atoms with van der Waals surface area (Å²) in [5, 5.41) is 0. The van der Waals surface area contributed by atoms with E-state index in [2.05, 4.69) is 28.5 Å². The summed E-state index contributed by atoms with van der Waals surface area (Å²) >= 11 is 0. The molecule has 0 aromatic carbocycles. The van der Waals surface area contributed by atoms with E-state index in [0.717, 1.165) is 25.6 Å². The van der Waals surface area contributed by atoms with Crippen molar-refractivity contribution in [1.82, 2.24) is 14.7 Å². The highest BCUT2D eigenvalue weighted by Gasteiger charge is 2.24. The lowest BCUT2D eigenvalue weighted by Crippen LogP contribution is -2.49. The van der Waals surface area contributed by atoms with E-state index < -0.39 is 0 Å². The molecular formula is C19H37N3O2. The zero-order chi connectivity index (χ0) is 17.4. The summed E-state index contributed by atoms with van der Waals surface area (Å²) in [4.78, 5) is 18.9. The number of piperazine rings is 1. The second-order valence-electron chi connectivity index (χ2n) is 7.66. The van der Waals surface area contributed by atoms with Crippen molar-refractivity contribution < 1.29 is 9.53 Å². The average Bonchev–Trinajstić information content (AvgIpc) is 2.60. The van der Waals surface area contributed by atoms with Crippen LogP contribution in [-0.4, -0.2) is 92.1 Å². The van der Waals surface area contributed by atoms with Gasteiger partial charge in [0.05, 0.1) is 6.61 Å². The maximum absolute atomic E-state index is 11.2. The quantitative estimate of drug-likeness (QED) is 0.598. The van der Waals surface area contributed by atoms with Crippen molar-refractivity contribution in [3.05, 3.63) is 0 Å². The molecule has 0 spiro atoms. The van der Waals surface area contributed by atoms with E-state index in [0.29, 0.717) is 19.1 Å². The first kappa shape index (κ1) is 19.8. The smallest absolute Gasteiger partial charge is 0.158 e. The summed E-state index contributed by atoms with van der Waals surface area (Å²) in [6.07, 6.45) is 3.30. The van der Waals surface area contributed by atoms with Crippen molar-refractivity contribution in [3.8, 4) is 0 Å². The van der Waals surface area contributed by atoms with Crippen LogP contribution in [0.5, 0.6) is 0 Å². The largest absolute Gasteiger partial charge is 0.372 e. The molecule has 0 aromatic heterocycles. The molecule has 0 N–H and O–H groups in total. The Morgan fingerprint density at radius 2 is 1.67 bits per heavy atom. The summed E-state index contributed by atoms with van der Waals surface area (Å²) in [6.45, 7) is 16.9. The monoisotopic (exact) mass is 339 g/mol. The van der Waals surface area contributed by atoms with Crippen molar-refractivity contribution >= 4 is 5.78 Å². The lowest BCUT2D eigenvalue weighted by atomic mass is 9.95. The molecule has 0 radical (unpaired) electrons. The molecular weight excluding hydrogens is 302 g/mol. The van der Waals surface area contributed by atoms with Crippen LogP contribution in [0.3, 0.4) is 0 Å². The molecule has 2 aliphatic rings. The molecule has 0 amide bonds. The highest BCUT2D eigenvalue weighted by molar-refractivity contribution is 5.79. The van der Waals surface area contributed by atoms with Gasteiger partial charge >= 0.3 is 0 Å². The van der Waals surface area contributed by atoms with Crippen LogP contribution in [0.1, 0.15) is 40.0 Å². The first-order valence-electron chi connectivity index (χ1n) is 9.86. The topological polar surface area (TPSA) is 36.0 Å². The molecule has 0 bridgehead atoms. The summed E-state index contributed by atoms with van der Waals surface area (Å²) in [5.74, 6) is 1.08. The molecule has 2 heterocycles. The third-order valence-electron chi connectivity index (χ3n) is 5.57. The van der Waals surface area contributed by atoms with Gasteiger partial charge in [-0.15, -0.1) is 0 Å². The van der Waals surface area contributed by atoms with Gasteiger partial charge in [0.25, 0.3) is 0 Å². The van der Waals surface area contributed by atoms with E-state index in [1.807, 2.05) is 6.92 Å². The fourth-order valence-electron chi connectivity index (χ4n) is 3.69. The number of carbonyl (C=O) groups excluding carboxylic acids is 1. The Bertz CT molecular complexity index is 360. The molecule has 2 fully saturated rings. The Kier molecular flexibility index (Phi) is 8.67. The van der Waals surface area contributed by atoms with Gasteiger partial charge in [-0.1, -0.05) is 6.92 Å². The minimum Gasteiger partial charge on any atom is -0.372 e. The normalized spacial score (nSPS) is 22.3. The van der Waals surface area contributed by atoms with E-state index in [-0.39, 0.29) is 12.4 Å². The van der Waals surface area contributed by atoms with Crippen LogP contribution in [0.4, 0.5) is 0 Å². The number of carbonyl (C=O) groups is 1. The number of ether oxygens (including phenoxy) is 1. The number of ketones is 1. The lowest BCUT2D eigenvalue weighted by Gasteiger charge is -2.39. The van der Waals surface area contributed by atoms with Crippen LogP contribution < -0.4 is 0 Å². The van der Waals surface area contributed by atoms with Gasteiger partial charge in [-0.25, -0.2) is 0 Å². The molecule has 5 nitrogen and oxygen atoms in total. The number of Topliss-reactive ketones (excluding diaryl/α,β-unsaturated/α-hetero) is 1. The summed E-state index contributed by atoms with van der Waals surface area (Å²) in [5.41, 5.74) is 0. The Balaban J connectivity index is 1.54. The second kappa shape index (κ2) is 10.5. The predicted molar refractivity (Wildman–Crippen MR) is 98.4 cm³/mol. The molecule has 2 aliphatic heterocycles. The van der Waals surface area contributed by atoms with Gasteiger partial charge in [-0.3, -0.25) is 9.69 Å². The number of piperidine rings is 1.